The molecule has 0 spiro atoms. The van der Waals surface area contributed by atoms with E-state index in [0.29, 0.717) is 19.4 Å². The summed E-state index contributed by atoms with van der Waals surface area (Å²) in [6.45, 7) is 3.96. The first-order valence-corrected chi connectivity index (χ1v) is 11.4. The number of non-ortho nitro benzene ring substituents is 1. The smallest absolute Gasteiger partial charge is 0.381 e. The minimum atomic E-state index is -5.12. The largest absolute Gasteiger partial charge is 0.481 e. The van der Waals surface area contributed by atoms with Gasteiger partial charge in [0.25, 0.3) is 5.69 Å². The van der Waals surface area contributed by atoms with Gasteiger partial charge in [-0.3, -0.25) is 14.6 Å². The zero-order valence-corrected chi connectivity index (χ0v) is 17.7. The van der Waals surface area contributed by atoms with Gasteiger partial charge in [-0.1, -0.05) is 23.3 Å². The number of allylic oxidation sites excluding steroid dienone is 2. The molecule has 29 heavy (non-hydrogen) atoms. The Kier molecular flexibility index (Phi) is 9.88. The lowest BCUT2D eigenvalue weighted by atomic mass is 10.1. The molecule has 0 saturated heterocycles. The molecule has 162 valence electrons. The highest BCUT2D eigenvalue weighted by atomic mass is 31.3. The molecule has 1 unspecified atom stereocenters. The summed E-state index contributed by atoms with van der Waals surface area (Å²) in [7, 11) is -9.94. The Morgan fingerprint density at radius 2 is 1.76 bits per heavy atom. The fourth-order valence-electron chi connectivity index (χ4n) is 2.09. The number of nitrogens with one attached hydrogen (secondary N) is 1. The Bertz CT molecular complexity index is 846. The highest BCUT2D eigenvalue weighted by molar-refractivity contribution is 7.60. The molecule has 0 amide bonds. The van der Waals surface area contributed by atoms with Crippen LogP contribution < -0.4 is 5.32 Å². The van der Waals surface area contributed by atoms with E-state index in [-0.39, 0.29) is 12.3 Å². The lowest BCUT2D eigenvalue weighted by Crippen LogP contribution is -2.02. The molecule has 1 rings (SSSR count). The van der Waals surface area contributed by atoms with Crippen molar-refractivity contribution in [2.75, 3.05) is 18.5 Å². The number of nitrogens with zero attached hydrogens (tertiary/aromatic N) is 1. The lowest BCUT2D eigenvalue weighted by Gasteiger charge is -2.11. The van der Waals surface area contributed by atoms with E-state index in [1.165, 1.54) is 18.2 Å². The van der Waals surface area contributed by atoms with Crippen molar-refractivity contribution in [2.24, 2.45) is 0 Å². The maximum Gasteiger partial charge on any atom is 0.481 e. The van der Waals surface area contributed by atoms with Crippen molar-refractivity contribution in [3.05, 3.63) is 57.7 Å². The first-order valence-electron chi connectivity index (χ1n) is 8.42. The molecule has 11 nitrogen and oxygen atoms in total. The highest BCUT2D eigenvalue weighted by Gasteiger charge is 2.31. The summed E-state index contributed by atoms with van der Waals surface area (Å²) in [6, 6.07) is 6.12. The molecule has 1 atom stereocenters. The van der Waals surface area contributed by atoms with Crippen LogP contribution in [0.25, 0.3) is 0 Å². The summed E-state index contributed by atoms with van der Waals surface area (Å²) in [5.41, 5.74) is 2.71. The number of nitro groups is 1. The van der Waals surface area contributed by atoms with Crippen LogP contribution in [0.4, 0.5) is 11.4 Å². The second-order valence-electron chi connectivity index (χ2n) is 6.13. The fraction of sp³-hybridized carbons (Fsp3) is 0.375. The molecule has 13 heteroatoms. The maximum atomic E-state index is 11.3. The highest BCUT2D eigenvalue weighted by Crippen LogP contribution is 2.57. The second-order valence-corrected chi connectivity index (χ2v) is 8.96. The maximum absolute atomic E-state index is 11.3. The van der Waals surface area contributed by atoms with Gasteiger partial charge in [0.2, 0.25) is 0 Å². The molecule has 4 N–H and O–H groups in total. The number of hydrogen-bond acceptors (Lipinski definition) is 7. The van der Waals surface area contributed by atoms with Crippen LogP contribution in [0.1, 0.15) is 26.7 Å². The van der Waals surface area contributed by atoms with E-state index in [1.54, 1.807) is 19.1 Å². The molecule has 1 aromatic carbocycles. The van der Waals surface area contributed by atoms with Crippen LogP contribution in [0.2, 0.25) is 0 Å². The Balaban J connectivity index is 2.37. The average molecular weight is 450 g/mol. The molecule has 0 aliphatic heterocycles. The number of benzene rings is 1. The topological polar surface area (TPSA) is 168 Å². The van der Waals surface area contributed by atoms with Gasteiger partial charge in [0.1, 0.15) is 0 Å². The number of nitro benzene ring substituents is 1. The third kappa shape index (κ3) is 11.7. The molecule has 0 fully saturated rings. The van der Waals surface area contributed by atoms with E-state index in [4.69, 9.17) is 14.7 Å². The van der Waals surface area contributed by atoms with Crippen molar-refractivity contribution >= 4 is 27.0 Å². The number of anilines is 1. The van der Waals surface area contributed by atoms with Crippen LogP contribution in [-0.2, 0) is 18.0 Å². The number of rotatable bonds is 12. The van der Waals surface area contributed by atoms with Crippen LogP contribution in [0.3, 0.4) is 0 Å². The van der Waals surface area contributed by atoms with Gasteiger partial charge in [-0.2, -0.15) is 4.31 Å². The number of phosphoric acid groups is 2. The molecule has 0 heterocycles. The molecule has 0 bridgehead atoms. The van der Waals surface area contributed by atoms with Crippen LogP contribution >= 0.6 is 15.6 Å². The van der Waals surface area contributed by atoms with Crippen LogP contribution in [0, 0.1) is 10.1 Å². The zero-order chi connectivity index (χ0) is 22.1. The van der Waals surface area contributed by atoms with E-state index < -0.39 is 20.6 Å². The van der Waals surface area contributed by atoms with Gasteiger partial charge in [-0.15, -0.1) is 0 Å². The normalized spacial score (nSPS) is 15.1. The van der Waals surface area contributed by atoms with Crippen molar-refractivity contribution in [3.63, 3.8) is 0 Å². The minimum Gasteiger partial charge on any atom is -0.381 e. The third-order valence-corrected chi connectivity index (χ3v) is 5.71. The Labute approximate surface area is 168 Å². The molecule has 0 aliphatic carbocycles. The van der Waals surface area contributed by atoms with Gasteiger partial charge in [0.15, 0.2) is 0 Å². The fourth-order valence-corrected chi connectivity index (χ4v) is 3.62. The van der Waals surface area contributed by atoms with E-state index in [2.05, 4.69) is 14.2 Å². The summed E-state index contributed by atoms with van der Waals surface area (Å²) in [5, 5.41) is 13.8. The summed E-state index contributed by atoms with van der Waals surface area (Å²) in [4.78, 5) is 36.3. The quantitative estimate of drug-likeness (QED) is 0.159. The van der Waals surface area contributed by atoms with Crippen molar-refractivity contribution < 1.29 is 37.6 Å². The van der Waals surface area contributed by atoms with Crippen LogP contribution in [0.15, 0.2) is 47.6 Å². The SMILES string of the molecule is CC(=CCOP(=O)(O)OP(=O)(O)O)CCC=C(C)CNc1ccc([N+](=O)[O-])cc1. The molecule has 0 aromatic heterocycles. The standard InChI is InChI=1S/C16H24N2O9P2/c1-13(10-11-26-29(24,25)27-28(21,22)23)4-3-5-14(2)12-17-15-6-8-16(9-7-15)18(19)20/h5-10,17H,3-4,11-12H2,1-2H3,(H,24,25)(H2,21,22,23). The van der Waals surface area contributed by atoms with Crippen molar-refractivity contribution in [2.45, 2.75) is 26.7 Å². The van der Waals surface area contributed by atoms with Gasteiger partial charge in [0, 0.05) is 24.4 Å². The Hall–Kier alpha value is -1.84. The monoisotopic (exact) mass is 450 g/mol. The van der Waals surface area contributed by atoms with Crippen LogP contribution in [-0.4, -0.2) is 32.8 Å². The predicted molar refractivity (Wildman–Crippen MR) is 107 cm³/mol. The third-order valence-electron chi connectivity index (χ3n) is 3.56. The predicted octanol–water partition coefficient (Wildman–Crippen LogP) is 3.91. The number of hydrogen-bond donors (Lipinski definition) is 4. The van der Waals surface area contributed by atoms with E-state index in [0.717, 1.165) is 16.8 Å². The van der Waals surface area contributed by atoms with E-state index in [9.17, 15) is 19.2 Å². The van der Waals surface area contributed by atoms with Gasteiger partial charge in [-0.05, 0) is 38.8 Å². The number of phosphoric ester groups is 1. The molecule has 0 radical (unpaired) electrons. The zero-order valence-electron chi connectivity index (χ0n) is 15.9. The van der Waals surface area contributed by atoms with Crippen molar-refractivity contribution in [3.8, 4) is 0 Å². The summed E-state index contributed by atoms with van der Waals surface area (Å²) < 4.78 is 30.0. The van der Waals surface area contributed by atoms with Crippen LogP contribution in [0.5, 0.6) is 0 Å². The van der Waals surface area contributed by atoms with Gasteiger partial charge < -0.3 is 20.0 Å². The van der Waals surface area contributed by atoms with Crippen molar-refractivity contribution in [1.82, 2.24) is 0 Å². The van der Waals surface area contributed by atoms with E-state index in [1.807, 2.05) is 13.0 Å². The first kappa shape index (κ1) is 25.2. The summed E-state index contributed by atoms with van der Waals surface area (Å²) in [6.07, 6.45) is 4.87. The van der Waals surface area contributed by atoms with Gasteiger partial charge in [-0.25, -0.2) is 9.13 Å². The minimum absolute atomic E-state index is 0.0277. The molecule has 0 aliphatic rings. The lowest BCUT2D eigenvalue weighted by molar-refractivity contribution is -0.384. The first-order chi connectivity index (χ1) is 13.4. The summed E-state index contributed by atoms with van der Waals surface area (Å²) >= 11 is 0. The average Bonchev–Trinajstić information content (AvgIpc) is 2.58. The second kappa shape index (κ2) is 11.4. The van der Waals surface area contributed by atoms with Crippen molar-refractivity contribution in [1.29, 1.82) is 0 Å². The summed E-state index contributed by atoms with van der Waals surface area (Å²) in [5.74, 6) is 0. The van der Waals surface area contributed by atoms with Gasteiger partial charge in [0.05, 0.1) is 11.5 Å². The molecule has 0 saturated carbocycles. The molecular formula is C16H24N2O9P2. The molecule has 1 aromatic rings. The van der Waals surface area contributed by atoms with E-state index >= 15 is 0 Å². The molecular weight excluding hydrogens is 426 g/mol. The Morgan fingerprint density at radius 3 is 2.31 bits per heavy atom. The van der Waals surface area contributed by atoms with Gasteiger partial charge >= 0.3 is 15.6 Å². The Morgan fingerprint density at radius 1 is 1.14 bits per heavy atom.